The van der Waals surface area contributed by atoms with Crippen molar-refractivity contribution in [2.75, 3.05) is 33.3 Å². The molecule has 0 atom stereocenters. The molecule has 9 heteroatoms. The van der Waals surface area contributed by atoms with Gasteiger partial charge in [0.15, 0.2) is 0 Å². The van der Waals surface area contributed by atoms with Crippen molar-refractivity contribution in [3.05, 3.63) is 35.5 Å². The Morgan fingerprint density at radius 2 is 1.77 bits per heavy atom. The summed E-state index contributed by atoms with van der Waals surface area (Å²) in [5.41, 5.74) is 6.63. The number of fused-ring (bicyclic) bond motifs is 1. The lowest BCUT2D eigenvalue weighted by Gasteiger charge is -2.35. The number of nitrogens with two attached hydrogens (primary N) is 1. The van der Waals surface area contributed by atoms with E-state index in [9.17, 15) is 14.4 Å². The average molecular weight is 413 g/mol. The second kappa shape index (κ2) is 8.98. The van der Waals surface area contributed by atoms with Crippen molar-refractivity contribution >= 4 is 28.7 Å². The maximum atomic E-state index is 12.9. The Kier molecular flexibility index (Phi) is 6.39. The zero-order valence-electron chi connectivity index (χ0n) is 17.5. The number of benzene rings is 1. The fourth-order valence-corrected chi connectivity index (χ4v) is 3.58. The van der Waals surface area contributed by atoms with Gasteiger partial charge in [0.1, 0.15) is 11.3 Å². The Morgan fingerprint density at radius 3 is 2.37 bits per heavy atom. The number of hydrogen-bond acceptors (Lipinski definition) is 5. The third-order valence-electron chi connectivity index (χ3n) is 5.02. The van der Waals surface area contributed by atoms with E-state index in [-0.39, 0.29) is 30.0 Å². The Labute approximate surface area is 175 Å². The van der Waals surface area contributed by atoms with Gasteiger partial charge < -0.3 is 25.6 Å². The standard InChI is InChI=1S/C21H27N5O4/c1-13(2)23-21(29)26-10-8-25(9-11-26)17(27)12-16-18(20(22)28)19(30-3)14-6-4-5-7-15(14)24-16/h4-7,13H,8-12H2,1-3H3,(H2,22,28)(H,23,29). The first-order chi connectivity index (χ1) is 14.3. The first-order valence-electron chi connectivity index (χ1n) is 9.90. The van der Waals surface area contributed by atoms with Gasteiger partial charge in [-0.3, -0.25) is 14.6 Å². The van der Waals surface area contributed by atoms with Crippen LogP contribution >= 0.6 is 0 Å². The number of carbonyl (C=O) groups excluding carboxylic acids is 3. The van der Waals surface area contributed by atoms with E-state index in [1.807, 2.05) is 26.0 Å². The van der Waals surface area contributed by atoms with Gasteiger partial charge in [-0.05, 0) is 26.0 Å². The lowest BCUT2D eigenvalue weighted by Crippen LogP contribution is -2.54. The highest BCUT2D eigenvalue weighted by Crippen LogP contribution is 2.31. The molecule has 160 valence electrons. The lowest BCUT2D eigenvalue weighted by molar-refractivity contribution is -0.131. The summed E-state index contributed by atoms with van der Waals surface area (Å²) in [5, 5.41) is 3.52. The van der Waals surface area contributed by atoms with Gasteiger partial charge in [-0.1, -0.05) is 12.1 Å². The first kappa shape index (κ1) is 21.4. The van der Waals surface area contributed by atoms with Crippen molar-refractivity contribution in [1.82, 2.24) is 20.1 Å². The summed E-state index contributed by atoms with van der Waals surface area (Å²) >= 11 is 0. The number of nitrogens with zero attached hydrogens (tertiary/aromatic N) is 3. The molecule has 4 amide bonds. The van der Waals surface area contributed by atoms with Crippen molar-refractivity contribution in [1.29, 1.82) is 0 Å². The molecule has 1 aromatic heterocycles. The molecule has 0 bridgehead atoms. The van der Waals surface area contributed by atoms with E-state index in [2.05, 4.69) is 10.3 Å². The highest BCUT2D eigenvalue weighted by molar-refractivity contribution is 6.03. The molecule has 1 saturated heterocycles. The fourth-order valence-electron chi connectivity index (χ4n) is 3.58. The topological polar surface area (TPSA) is 118 Å². The molecule has 1 fully saturated rings. The molecule has 3 N–H and O–H groups in total. The molecule has 0 spiro atoms. The molecule has 3 rings (SSSR count). The SMILES string of the molecule is COc1c(C(N)=O)c(CC(=O)N2CCN(C(=O)NC(C)C)CC2)nc2ccccc12. The normalized spacial score (nSPS) is 14.1. The number of methoxy groups -OCH3 is 1. The summed E-state index contributed by atoms with van der Waals surface area (Å²) in [6.07, 6.45) is -0.0718. The zero-order valence-corrected chi connectivity index (χ0v) is 17.5. The van der Waals surface area contributed by atoms with Crippen LogP contribution in [0.25, 0.3) is 10.9 Å². The number of para-hydroxylation sites is 1. The summed E-state index contributed by atoms with van der Waals surface area (Å²) in [7, 11) is 1.46. The van der Waals surface area contributed by atoms with Gasteiger partial charge in [0.2, 0.25) is 5.91 Å². The summed E-state index contributed by atoms with van der Waals surface area (Å²) < 4.78 is 5.44. The molecule has 0 radical (unpaired) electrons. The van der Waals surface area contributed by atoms with Crippen molar-refractivity contribution in [2.45, 2.75) is 26.3 Å². The van der Waals surface area contributed by atoms with Crippen LogP contribution in [-0.2, 0) is 11.2 Å². The van der Waals surface area contributed by atoms with Crippen LogP contribution in [0.15, 0.2) is 24.3 Å². The van der Waals surface area contributed by atoms with Crippen LogP contribution in [0, 0.1) is 0 Å². The average Bonchev–Trinajstić information content (AvgIpc) is 2.72. The van der Waals surface area contributed by atoms with E-state index in [1.165, 1.54) is 7.11 Å². The number of amides is 4. The minimum Gasteiger partial charge on any atom is -0.495 e. The van der Waals surface area contributed by atoms with Crippen LogP contribution in [-0.4, -0.2) is 72.0 Å². The number of nitrogens with one attached hydrogen (secondary N) is 1. The molecule has 0 saturated carbocycles. The number of rotatable bonds is 5. The van der Waals surface area contributed by atoms with Crippen molar-refractivity contribution in [2.24, 2.45) is 5.73 Å². The highest BCUT2D eigenvalue weighted by Gasteiger charge is 2.27. The quantitative estimate of drug-likeness (QED) is 0.762. The number of aromatic nitrogens is 1. The second-order valence-corrected chi connectivity index (χ2v) is 7.50. The maximum absolute atomic E-state index is 12.9. The first-order valence-corrected chi connectivity index (χ1v) is 9.90. The Balaban J connectivity index is 1.78. The van der Waals surface area contributed by atoms with Crippen LogP contribution < -0.4 is 15.8 Å². The summed E-state index contributed by atoms with van der Waals surface area (Å²) in [6, 6.07) is 7.15. The van der Waals surface area contributed by atoms with Crippen molar-refractivity contribution < 1.29 is 19.1 Å². The third-order valence-corrected chi connectivity index (χ3v) is 5.02. The number of pyridine rings is 1. The molecule has 2 heterocycles. The molecule has 9 nitrogen and oxygen atoms in total. The fraction of sp³-hybridized carbons (Fsp3) is 0.429. The third kappa shape index (κ3) is 4.45. The number of carbonyl (C=O) groups is 3. The minimum absolute atomic E-state index is 0.0540. The van der Waals surface area contributed by atoms with Crippen molar-refractivity contribution in [3.63, 3.8) is 0 Å². The Bertz CT molecular complexity index is 967. The summed E-state index contributed by atoms with van der Waals surface area (Å²) in [4.78, 5) is 45.0. The molecule has 30 heavy (non-hydrogen) atoms. The zero-order chi connectivity index (χ0) is 21.8. The largest absolute Gasteiger partial charge is 0.495 e. The lowest BCUT2D eigenvalue weighted by atomic mass is 10.0. The minimum atomic E-state index is -0.692. The Hall–Kier alpha value is -3.36. The summed E-state index contributed by atoms with van der Waals surface area (Å²) in [5.74, 6) is -0.541. The van der Waals surface area contributed by atoms with Gasteiger partial charge in [0, 0.05) is 37.6 Å². The molecule has 1 aromatic carbocycles. The second-order valence-electron chi connectivity index (χ2n) is 7.50. The van der Waals surface area contributed by atoms with E-state index in [0.29, 0.717) is 48.5 Å². The van der Waals surface area contributed by atoms with Gasteiger partial charge in [-0.2, -0.15) is 0 Å². The van der Waals surface area contributed by atoms with Crippen LogP contribution in [0.3, 0.4) is 0 Å². The summed E-state index contributed by atoms with van der Waals surface area (Å²) in [6.45, 7) is 5.53. The number of ether oxygens (including phenoxy) is 1. The number of piperazine rings is 1. The molecule has 0 unspecified atom stereocenters. The van der Waals surface area contributed by atoms with Gasteiger partial charge in [-0.25, -0.2) is 4.79 Å². The number of primary amides is 1. The highest BCUT2D eigenvalue weighted by atomic mass is 16.5. The molecular formula is C21H27N5O4. The molecule has 0 aliphatic carbocycles. The van der Waals surface area contributed by atoms with Crippen molar-refractivity contribution in [3.8, 4) is 5.75 Å². The molecule has 1 aliphatic rings. The molecular weight excluding hydrogens is 386 g/mol. The predicted molar refractivity (Wildman–Crippen MR) is 112 cm³/mol. The van der Waals surface area contributed by atoms with Gasteiger partial charge in [0.25, 0.3) is 5.91 Å². The van der Waals surface area contributed by atoms with E-state index in [4.69, 9.17) is 10.5 Å². The van der Waals surface area contributed by atoms with Crippen LogP contribution in [0.1, 0.15) is 29.9 Å². The Morgan fingerprint density at radius 1 is 1.13 bits per heavy atom. The van der Waals surface area contributed by atoms with E-state index in [1.54, 1.807) is 21.9 Å². The van der Waals surface area contributed by atoms with Gasteiger partial charge in [-0.15, -0.1) is 0 Å². The van der Waals surface area contributed by atoms with Crippen LogP contribution in [0.5, 0.6) is 5.75 Å². The smallest absolute Gasteiger partial charge is 0.317 e. The van der Waals surface area contributed by atoms with Crippen LogP contribution in [0.4, 0.5) is 4.79 Å². The van der Waals surface area contributed by atoms with Gasteiger partial charge in [0.05, 0.1) is 24.7 Å². The molecule has 2 aromatic rings. The van der Waals surface area contributed by atoms with E-state index in [0.717, 1.165) is 0 Å². The van der Waals surface area contributed by atoms with E-state index >= 15 is 0 Å². The number of urea groups is 1. The van der Waals surface area contributed by atoms with Crippen LogP contribution in [0.2, 0.25) is 0 Å². The maximum Gasteiger partial charge on any atom is 0.317 e. The predicted octanol–water partition coefficient (Wildman–Crippen LogP) is 1.15. The monoisotopic (exact) mass is 413 g/mol. The molecule has 1 aliphatic heterocycles. The van der Waals surface area contributed by atoms with E-state index < -0.39 is 5.91 Å². The number of hydrogen-bond donors (Lipinski definition) is 2. The van der Waals surface area contributed by atoms with Gasteiger partial charge >= 0.3 is 6.03 Å².